The largest absolute Gasteiger partial charge is 0.406 e. The van der Waals surface area contributed by atoms with Crippen LogP contribution < -0.4 is 5.32 Å². The van der Waals surface area contributed by atoms with Crippen molar-refractivity contribution in [3.8, 4) is 0 Å². The Morgan fingerprint density at radius 3 is 2.61 bits per heavy atom. The lowest BCUT2D eigenvalue weighted by Crippen LogP contribution is -2.51. The Morgan fingerprint density at radius 2 is 2.04 bits per heavy atom. The van der Waals surface area contributed by atoms with Gasteiger partial charge < -0.3 is 15.0 Å². The van der Waals surface area contributed by atoms with Crippen LogP contribution in [-0.4, -0.2) is 55.9 Å². The Labute approximate surface area is 133 Å². The summed E-state index contributed by atoms with van der Waals surface area (Å²) in [7, 11) is 0. The molecular formula is C16H21F3N2O2. The lowest BCUT2D eigenvalue weighted by molar-refractivity contribution is -0.169. The molecular weight excluding hydrogens is 309 g/mol. The zero-order chi connectivity index (χ0) is 16.9. The smallest absolute Gasteiger partial charge is 0.366 e. The molecule has 128 valence electrons. The van der Waals surface area contributed by atoms with Crippen molar-refractivity contribution in [3.63, 3.8) is 0 Å². The zero-order valence-electron chi connectivity index (χ0n) is 13.0. The van der Waals surface area contributed by atoms with E-state index in [1.54, 1.807) is 0 Å². The minimum atomic E-state index is -4.43. The van der Waals surface area contributed by atoms with Gasteiger partial charge in [0.1, 0.15) is 12.6 Å². The molecule has 1 saturated heterocycles. The minimum absolute atomic E-state index is 0.0151. The fraction of sp³-hybridized carbons (Fsp3) is 0.562. The Bertz CT molecular complexity index is 511. The highest BCUT2D eigenvalue weighted by Gasteiger charge is 2.36. The Kier molecular flexibility index (Phi) is 6.01. The molecule has 1 aromatic rings. The van der Waals surface area contributed by atoms with E-state index >= 15 is 0 Å². The van der Waals surface area contributed by atoms with Gasteiger partial charge in [-0.1, -0.05) is 29.8 Å². The summed E-state index contributed by atoms with van der Waals surface area (Å²) in [6.45, 7) is 1.88. The van der Waals surface area contributed by atoms with Crippen LogP contribution in [-0.2, 0) is 16.0 Å². The van der Waals surface area contributed by atoms with E-state index in [1.165, 1.54) is 0 Å². The molecule has 1 atom stereocenters. The van der Waals surface area contributed by atoms with Gasteiger partial charge in [0.25, 0.3) is 5.91 Å². The predicted molar refractivity (Wildman–Crippen MR) is 80.1 cm³/mol. The van der Waals surface area contributed by atoms with E-state index in [4.69, 9.17) is 4.74 Å². The maximum atomic E-state index is 12.8. The molecule has 1 aliphatic rings. The van der Waals surface area contributed by atoms with Gasteiger partial charge in [-0.05, 0) is 18.9 Å². The van der Waals surface area contributed by atoms with Crippen molar-refractivity contribution in [2.75, 3.05) is 32.8 Å². The maximum absolute atomic E-state index is 12.8. The average Bonchev–Trinajstić information content (AvgIpc) is 2.52. The molecule has 23 heavy (non-hydrogen) atoms. The number of amides is 1. The second-order valence-corrected chi connectivity index (χ2v) is 5.67. The van der Waals surface area contributed by atoms with Crippen molar-refractivity contribution in [3.05, 3.63) is 35.4 Å². The molecule has 0 aromatic heterocycles. The molecule has 0 unspecified atom stereocenters. The molecule has 2 rings (SSSR count). The summed E-state index contributed by atoms with van der Waals surface area (Å²) >= 11 is 0. The van der Waals surface area contributed by atoms with Crippen molar-refractivity contribution >= 4 is 5.91 Å². The number of hydrogen-bond acceptors (Lipinski definition) is 3. The highest BCUT2D eigenvalue weighted by molar-refractivity contribution is 5.81. The number of nitrogens with one attached hydrogen (secondary N) is 1. The number of halogens is 3. The number of carbonyl (C=O) groups is 1. The first-order chi connectivity index (χ1) is 10.8. The van der Waals surface area contributed by atoms with E-state index < -0.39 is 24.7 Å². The lowest BCUT2D eigenvalue weighted by Gasteiger charge is -2.30. The summed E-state index contributed by atoms with van der Waals surface area (Å²) in [5.74, 6) is -0.610. The highest BCUT2D eigenvalue weighted by Crippen LogP contribution is 2.18. The van der Waals surface area contributed by atoms with Crippen molar-refractivity contribution in [2.45, 2.75) is 25.6 Å². The zero-order valence-corrected chi connectivity index (χ0v) is 13.0. The molecule has 1 aliphatic heterocycles. The third kappa shape index (κ3) is 5.84. The van der Waals surface area contributed by atoms with Crippen molar-refractivity contribution in [1.29, 1.82) is 0 Å². The van der Waals surface area contributed by atoms with Crippen LogP contribution >= 0.6 is 0 Å². The van der Waals surface area contributed by atoms with Crippen LogP contribution in [0.3, 0.4) is 0 Å². The third-order valence-electron chi connectivity index (χ3n) is 3.68. The number of carbonyl (C=O) groups excluding carboxylic acids is 1. The van der Waals surface area contributed by atoms with E-state index in [9.17, 15) is 18.0 Å². The van der Waals surface area contributed by atoms with Gasteiger partial charge in [-0.3, -0.25) is 4.79 Å². The summed E-state index contributed by atoms with van der Waals surface area (Å²) in [5, 5.41) is 2.96. The van der Waals surface area contributed by atoms with E-state index in [0.29, 0.717) is 19.6 Å². The molecule has 0 radical (unpaired) electrons. The van der Waals surface area contributed by atoms with Gasteiger partial charge in [0.2, 0.25) is 0 Å². The molecule has 0 spiro atoms. The van der Waals surface area contributed by atoms with Crippen LogP contribution in [0.15, 0.2) is 24.3 Å². The van der Waals surface area contributed by atoms with Crippen molar-refractivity contribution in [2.24, 2.45) is 0 Å². The van der Waals surface area contributed by atoms with E-state index in [0.717, 1.165) is 16.0 Å². The molecule has 1 amide bonds. The van der Waals surface area contributed by atoms with E-state index in [1.807, 2.05) is 31.2 Å². The highest BCUT2D eigenvalue weighted by atomic mass is 19.4. The number of aryl methyl sites for hydroxylation is 1. The quantitative estimate of drug-likeness (QED) is 0.897. The first-order valence-electron chi connectivity index (χ1n) is 7.58. The average molecular weight is 330 g/mol. The SMILES string of the molecule is Cc1ccc(CCN(CC(F)(F)F)C(=O)[C@H]2CNCCO2)cc1. The molecule has 0 bridgehead atoms. The first kappa shape index (κ1) is 17.7. The molecule has 1 fully saturated rings. The fourth-order valence-corrected chi connectivity index (χ4v) is 2.43. The number of hydrogen-bond donors (Lipinski definition) is 1. The van der Waals surface area contributed by atoms with Crippen molar-refractivity contribution in [1.82, 2.24) is 10.2 Å². The number of morpholine rings is 1. The number of alkyl halides is 3. The fourth-order valence-electron chi connectivity index (χ4n) is 2.43. The van der Waals surface area contributed by atoms with Crippen LogP contribution in [0.1, 0.15) is 11.1 Å². The molecule has 7 heteroatoms. The van der Waals surface area contributed by atoms with Crippen LogP contribution in [0.2, 0.25) is 0 Å². The van der Waals surface area contributed by atoms with Gasteiger partial charge in [-0.25, -0.2) is 0 Å². The Balaban J connectivity index is 2.00. The number of nitrogens with zero attached hydrogens (tertiary/aromatic N) is 1. The van der Waals surface area contributed by atoms with Crippen LogP contribution in [0, 0.1) is 6.92 Å². The first-order valence-corrected chi connectivity index (χ1v) is 7.58. The van der Waals surface area contributed by atoms with Gasteiger partial charge in [-0.15, -0.1) is 0 Å². The van der Waals surface area contributed by atoms with E-state index in [2.05, 4.69) is 5.32 Å². The molecule has 4 nitrogen and oxygen atoms in total. The summed E-state index contributed by atoms with van der Waals surface area (Å²) in [4.78, 5) is 13.2. The van der Waals surface area contributed by atoms with Crippen LogP contribution in [0.4, 0.5) is 13.2 Å². The van der Waals surface area contributed by atoms with Gasteiger partial charge in [-0.2, -0.15) is 13.2 Å². The second kappa shape index (κ2) is 7.79. The van der Waals surface area contributed by atoms with Gasteiger partial charge in [0.05, 0.1) is 6.61 Å². The monoisotopic (exact) mass is 330 g/mol. The summed E-state index contributed by atoms with van der Waals surface area (Å²) < 4.78 is 43.6. The van der Waals surface area contributed by atoms with Gasteiger partial charge >= 0.3 is 6.18 Å². The Morgan fingerprint density at radius 1 is 1.35 bits per heavy atom. The number of rotatable bonds is 5. The van der Waals surface area contributed by atoms with Crippen LogP contribution in [0.5, 0.6) is 0 Å². The third-order valence-corrected chi connectivity index (χ3v) is 3.68. The molecule has 1 N–H and O–H groups in total. The van der Waals surface area contributed by atoms with Crippen LogP contribution in [0.25, 0.3) is 0 Å². The van der Waals surface area contributed by atoms with E-state index in [-0.39, 0.29) is 13.1 Å². The number of ether oxygens (including phenoxy) is 1. The summed E-state index contributed by atoms with van der Waals surface area (Å²) in [5.41, 5.74) is 1.98. The molecule has 0 aliphatic carbocycles. The Hall–Kier alpha value is -1.60. The van der Waals surface area contributed by atoms with Crippen molar-refractivity contribution < 1.29 is 22.7 Å². The standard InChI is InChI=1S/C16H21F3N2O2/c1-12-2-4-13(5-3-12)6-8-21(11-16(17,18)19)15(22)14-10-20-7-9-23-14/h2-5,14,20H,6-11H2,1H3/t14-/m1/s1. The number of benzene rings is 1. The topological polar surface area (TPSA) is 41.6 Å². The predicted octanol–water partition coefficient (Wildman–Crippen LogP) is 1.92. The minimum Gasteiger partial charge on any atom is -0.366 e. The van der Waals surface area contributed by atoms with Gasteiger partial charge in [0.15, 0.2) is 0 Å². The summed E-state index contributed by atoms with van der Waals surface area (Å²) in [6.07, 6.45) is -4.89. The molecule has 1 aromatic carbocycles. The molecule has 1 heterocycles. The second-order valence-electron chi connectivity index (χ2n) is 5.67. The van der Waals surface area contributed by atoms with Gasteiger partial charge in [0, 0.05) is 19.6 Å². The maximum Gasteiger partial charge on any atom is 0.406 e. The lowest BCUT2D eigenvalue weighted by atomic mass is 10.1. The normalized spacial score (nSPS) is 18.7. The molecule has 0 saturated carbocycles. The summed E-state index contributed by atoms with van der Waals surface area (Å²) in [6, 6.07) is 7.54.